The smallest absolute Gasteiger partial charge is 0.471 e. The zero-order valence-corrected chi connectivity index (χ0v) is 25.5. The van der Waals surface area contributed by atoms with E-state index in [1.54, 1.807) is 5.32 Å². The van der Waals surface area contributed by atoms with Crippen molar-refractivity contribution in [3.05, 3.63) is 23.8 Å². The van der Waals surface area contributed by atoms with Gasteiger partial charge in [0.2, 0.25) is 23.3 Å². The van der Waals surface area contributed by atoms with E-state index in [-0.39, 0.29) is 18.9 Å². The van der Waals surface area contributed by atoms with Gasteiger partial charge in [-0.3, -0.25) is 24.0 Å². The number of ether oxygens (including phenoxy) is 1. The Morgan fingerprint density at radius 3 is 2.38 bits per heavy atom. The molecule has 0 radical (unpaired) electrons. The predicted octanol–water partition coefficient (Wildman–Crippen LogP) is 2.04. The van der Waals surface area contributed by atoms with Gasteiger partial charge in [0, 0.05) is 25.1 Å². The highest BCUT2D eigenvalue weighted by atomic mass is 19.4. The summed E-state index contributed by atoms with van der Waals surface area (Å²) < 4.78 is 89.3. The van der Waals surface area contributed by atoms with Gasteiger partial charge in [0.1, 0.15) is 35.8 Å². The molecule has 6 rings (SSSR count). The van der Waals surface area contributed by atoms with Gasteiger partial charge in [-0.1, -0.05) is 20.8 Å². The van der Waals surface area contributed by atoms with Crippen LogP contribution in [-0.4, -0.2) is 88.5 Å². The Kier molecular flexibility index (Phi) is 7.51. The number of nitrogens with two attached hydrogens (primary N) is 1. The summed E-state index contributed by atoms with van der Waals surface area (Å²) in [6.45, 7) is 3.51. The second-order valence-electron chi connectivity index (χ2n) is 14.3. The molecule has 1 aromatic carbocycles. The Bertz CT molecular complexity index is 1570. The van der Waals surface area contributed by atoms with E-state index < -0.39 is 125 Å². The number of rotatable bonds is 4. The van der Waals surface area contributed by atoms with Crippen molar-refractivity contribution in [3.63, 3.8) is 0 Å². The van der Waals surface area contributed by atoms with Crippen molar-refractivity contribution in [2.24, 2.45) is 34.8 Å². The van der Waals surface area contributed by atoms with Gasteiger partial charge in [-0.25, -0.2) is 13.2 Å². The number of carbonyl (C=O) groups is 5. The number of amides is 5. The normalized spacial score (nSPS) is 33.3. The van der Waals surface area contributed by atoms with Crippen molar-refractivity contribution in [2.45, 2.75) is 76.1 Å². The maximum Gasteiger partial charge on any atom is 0.471 e. The zero-order chi connectivity index (χ0) is 34.5. The second kappa shape index (κ2) is 10.7. The van der Waals surface area contributed by atoms with Crippen molar-refractivity contribution in [1.82, 2.24) is 15.1 Å². The number of fused-ring (bicyclic) bond motifs is 6. The highest BCUT2D eigenvalue weighted by Crippen LogP contribution is 2.59. The minimum absolute atomic E-state index is 0.120. The molecule has 2 bridgehead atoms. The lowest BCUT2D eigenvalue weighted by molar-refractivity contribution is -0.176. The van der Waals surface area contributed by atoms with Crippen molar-refractivity contribution in [3.8, 4) is 5.75 Å². The summed E-state index contributed by atoms with van der Waals surface area (Å²) in [5.74, 6) is -11.0. The fraction of sp³-hybridized carbons (Fsp3) is 0.633. The lowest BCUT2D eigenvalue weighted by Crippen LogP contribution is -2.61. The molecule has 3 aliphatic heterocycles. The quantitative estimate of drug-likeness (QED) is 0.417. The number of halogens is 6. The monoisotopic (exact) mass is 673 g/mol. The molecule has 2 saturated heterocycles. The molecular weight excluding hydrogens is 640 g/mol. The van der Waals surface area contributed by atoms with Crippen LogP contribution >= 0.6 is 0 Å². The van der Waals surface area contributed by atoms with Crippen LogP contribution in [0.2, 0.25) is 0 Å². The number of likely N-dealkylation sites (tertiary alicyclic amines) is 2. The van der Waals surface area contributed by atoms with E-state index in [0.717, 1.165) is 15.9 Å². The van der Waals surface area contributed by atoms with Gasteiger partial charge >= 0.3 is 12.1 Å². The SMILES string of the molecule is CC(C)(C)[C@H](NC(=O)C(F)(F)F)C(=O)N1C[C@@H]2[C@H]3C[C@@H]([C@@H]2[C@H]1C(=O)N1C[C@@]2(C[C@H]1C(N)=O)Oc1cc(F)cc(F)c1NC2=O)[C@H](F)C3. The summed E-state index contributed by atoms with van der Waals surface area (Å²) in [5.41, 5.74) is 1.88. The van der Waals surface area contributed by atoms with Crippen LogP contribution in [0.3, 0.4) is 0 Å². The van der Waals surface area contributed by atoms with E-state index in [1.807, 2.05) is 0 Å². The molecule has 17 heteroatoms. The molecule has 4 fully saturated rings. The van der Waals surface area contributed by atoms with E-state index in [4.69, 9.17) is 10.5 Å². The number of carbonyl (C=O) groups excluding carboxylic acids is 5. The van der Waals surface area contributed by atoms with E-state index in [2.05, 4.69) is 5.32 Å². The Hall–Kier alpha value is -4.05. The van der Waals surface area contributed by atoms with Crippen molar-refractivity contribution >= 4 is 35.2 Å². The van der Waals surface area contributed by atoms with Crippen LogP contribution in [0, 0.1) is 40.7 Å². The standard InChI is InChI=1S/C30H33F6N5O6/c1-28(2,3)22(39-27(46)30(34,35)36)25(44)40-9-14-11-4-13(15(32)5-11)19(14)21(40)24(43)41-10-29(8-17(41)23(37)42)26(45)38-20-16(33)6-12(31)7-18(20)47-29/h6-7,11,13-15,17,19,21-22H,4-5,8-10H2,1-3H3,(H2,37,42)(H,38,45)(H,39,46)/t11-,13+,14+,15+,17-,19-,21-,22+,29+/m0/s1. The molecular formula is C30H33F6N5O6. The van der Waals surface area contributed by atoms with Crippen LogP contribution in [0.5, 0.6) is 5.75 Å². The number of anilines is 1. The maximum absolute atomic E-state index is 15.2. The summed E-state index contributed by atoms with van der Waals surface area (Å²) in [6, 6.07) is -3.43. The summed E-state index contributed by atoms with van der Waals surface area (Å²) >= 11 is 0. The number of alkyl halides is 4. The Balaban J connectivity index is 1.37. The molecule has 256 valence electrons. The molecule has 3 heterocycles. The first-order valence-corrected chi connectivity index (χ1v) is 15.1. The number of primary amides is 1. The van der Waals surface area contributed by atoms with Crippen molar-refractivity contribution in [1.29, 1.82) is 0 Å². The third-order valence-corrected chi connectivity index (χ3v) is 10.4. The van der Waals surface area contributed by atoms with Gasteiger partial charge < -0.3 is 30.9 Å². The average Bonchev–Trinajstić information content (AvgIpc) is 3.70. The average molecular weight is 674 g/mol. The summed E-state index contributed by atoms with van der Waals surface area (Å²) in [7, 11) is 0. The number of nitrogens with zero attached hydrogens (tertiary/aromatic N) is 2. The Morgan fingerprint density at radius 2 is 1.77 bits per heavy atom. The lowest BCUT2D eigenvalue weighted by Gasteiger charge is -2.39. The summed E-state index contributed by atoms with van der Waals surface area (Å²) in [4.78, 5) is 68.7. The molecule has 2 aliphatic carbocycles. The molecule has 47 heavy (non-hydrogen) atoms. The molecule has 0 aromatic heterocycles. The molecule has 4 N–H and O–H groups in total. The molecule has 5 amide bonds. The fourth-order valence-electron chi connectivity index (χ4n) is 8.28. The van der Waals surface area contributed by atoms with Crippen LogP contribution in [0.1, 0.15) is 40.0 Å². The first-order chi connectivity index (χ1) is 21.7. The van der Waals surface area contributed by atoms with Gasteiger partial charge in [-0.15, -0.1) is 0 Å². The van der Waals surface area contributed by atoms with E-state index in [1.165, 1.54) is 20.8 Å². The molecule has 9 atom stereocenters. The summed E-state index contributed by atoms with van der Waals surface area (Å²) in [6.07, 6.45) is -6.57. The minimum Gasteiger partial charge on any atom is -0.473 e. The molecule has 0 unspecified atom stereocenters. The molecule has 5 aliphatic rings. The molecule has 2 saturated carbocycles. The van der Waals surface area contributed by atoms with E-state index in [9.17, 15) is 45.9 Å². The third-order valence-electron chi connectivity index (χ3n) is 10.4. The number of nitrogens with one attached hydrogen (secondary N) is 2. The first kappa shape index (κ1) is 32.9. The second-order valence-corrected chi connectivity index (χ2v) is 14.3. The Labute approximate surface area is 264 Å². The largest absolute Gasteiger partial charge is 0.473 e. The van der Waals surface area contributed by atoms with Crippen LogP contribution in [-0.2, 0) is 24.0 Å². The van der Waals surface area contributed by atoms with Crippen LogP contribution in [0.25, 0.3) is 0 Å². The molecule has 1 aromatic rings. The third kappa shape index (κ3) is 5.25. The number of benzene rings is 1. The van der Waals surface area contributed by atoms with Crippen molar-refractivity contribution < 1.29 is 55.1 Å². The van der Waals surface area contributed by atoms with E-state index in [0.29, 0.717) is 12.5 Å². The number of hydrogen-bond donors (Lipinski definition) is 3. The van der Waals surface area contributed by atoms with Gasteiger partial charge in [0.15, 0.2) is 11.6 Å². The van der Waals surface area contributed by atoms with Gasteiger partial charge in [-0.05, 0) is 41.9 Å². The number of hydrogen-bond acceptors (Lipinski definition) is 6. The molecule has 1 spiro atoms. The summed E-state index contributed by atoms with van der Waals surface area (Å²) in [5, 5.41) is 4.04. The zero-order valence-electron chi connectivity index (χ0n) is 25.5. The van der Waals surface area contributed by atoms with Crippen molar-refractivity contribution in [2.75, 3.05) is 18.4 Å². The highest BCUT2D eigenvalue weighted by Gasteiger charge is 2.66. The Morgan fingerprint density at radius 1 is 1.09 bits per heavy atom. The van der Waals surface area contributed by atoms with Crippen LogP contribution < -0.4 is 21.1 Å². The predicted molar refractivity (Wildman–Crippen MR) is 149 cm³/mol. The minimum atomic E-state index is -5.31. The topological polar surface area (TPSA) is 151 Å². The van der Waals surface area contributed by atoms with Crippen LogP contribution in [0.4, 0.5) is 32.0 Å². The first-order valence-electron chi connectivity index (χ1n) is 15.1. The van der Waals surface area contributed by atoms with Gasteiger partial charge in [0.05, 0.1) is 6.54 Å². The van der Waals surface area contributed by atoms with Gasteiger partial charge in [-0.2, -0.15) is 13.2 Å². The van der Waals surface area contributed by atoms with E-state index >= 15 is 4.39 Å². The van der Waals surface area contributed by atoms with Gasteiger partial charge in [0.25, 0.3) is 5.91 Å². The maximum atomic E-state index is 15.2. The van der Waals surface area contributed by atoms with Crippen LogP contribution in [0.15, 0.2) is 12.1 Å². The highest BCUT2D eigenvalue weighted by molar-refractivity contribution is 6.04. The molecule has 11 nitrogen and oxygen atoms in total. The fourth-order valence-corrected chi connectivity index (χ4v) is 8.28. The lowest BCUT2D eigenvalue weighted by atomic mass is 9.77.